The summed E-state index contributed by atoms with van der Waals surface area (Å²) in [5, 5.41) is 6.04. The van der Waals surface area contributed by atoms with Gasteiger partial charge in [-0.15, -0.1) is 0 Å². The van der Waals surface area contributed by atoms with Crippen LogP contribution in [0.5, 0.6) is 0 Å². The first-order valence-electron chi connectivity index (χ1n) is 3.81. The molecule has 1 rings (SSSR count). The topological polar surface area (TPSA) is 151 Å². The van der Waals surface area contributed by atoms with E-state index in [4.69, 9.17) is 21.3 Å². The number of aromatic amines is 1. The van der Waals surface area contributed by atoms with Crippen LogP contribution in [0.1, 0.15) is 11.9 Å². The monoisotopic (exact) mass is 221 g/mol. The highest BCUT2D eigenvalue weighted by atomic mass is 31.2. The van der Waals surface area contributed by atoms with Crippen molar-refractivity contribution in [2.75, 3.05) is 6.16 Å². The fourth-order valence-electron chi connectivity index (χ4n) is 0.967. The number of nitrogens with zero attached hydrogens (tertiary/aromatic N) is 2. The first-order valence-corrected chi connectivity index (χ1v) is 5.61. The van der Waals surface area contributed by atoms with E-state index in [0.717, 1.165) is 0 Å². The average molecular weight is 221 g/mol. The predicted octanol–water partition coefficient (Wildman–Crippen LogP) is -1.69. The zero-order valence-electron chi connectivity index (χ0n) is 7.24. The molecule has 0 aliphatic carbocycles. The predicted molar refractivity (Wildman–Crippen MR) is 48.2 cm³/mol. The number of hydrogen-bond acceptors (Lipinski definition) is 5. The van der Waals surface area contributed by atoms with E-state index in [1.54, 1.807) is 0 Å². The summed E-state index contributed by atoms with van der Waals surface area (Å²) >= 11 is 0. The number of aromatic nitrogens is 3. The Kier molecular flexibility index (Phi) is 3.35. The Morgan fingerprint density at radius 2 is 2.21 bits per heavy atom. The summed E-state index contributed by atoms with van der Waals surface area (Å²) in [6, 6.07) is -1.62. The third-order valence-electron chi connectivity index (χ3n) is 1.66. The molecule has 1 aromatic rings. The van der Waals surface area contributed by atoms with Crippen LogP contribution in [0.15, 0.2) is 6.33 Å². The summed E-state index contributed by atoms with van der Waals surface area (Å²) in [6.07, 6.45) is 0.772. The molecule has 0 aliphatic rings. The summed E-state index contributed by atoms with van der Waals surface area (Å²) in [7, 11) is -4.14. The highest BCUT2D eigenvalue weighted by Crippen LogP contribution is 2.36. The number of nitrogens with one attached hydrogen (secondary N) is 1. The van der Waals surface area contributed by atoms with E-state index < -0.39 is 25.8 Å². The minimum absolute atomic E-state index is 0.311. The van der Waals surface area contributed by atoms with Crippen LogP contribution < -0.4 is 11.5 Å². The first-order chi connectivity index (χ1) is 6.40. The van der Waals surface area contributed by atoms with Gasteiger partial charge in [-0.3, -0.25) is 9.66 Å². The molecule has 0 aromatic carbocycles. The van der Waals surface area contributed by atoms with Gasteiger partial charge in [0.15, 0.2) is 0 Å². The van der Waals surface area contributed by atoms with E-state index >= 15 is 0 Å². The van der Waals surface area contributed by atoms with Crippen molar-refractivity contribution in [3.8, 4) is 0 Å². The van der Waals surface area contributed by atoms with Crippen LogP contribution in [0, 0.1) is 0 Å². The summed E-state index contributed by atoms with van der Waals surface area (Å²) in [5.74, 6) is 0.311. The molecule has 80 valence electrons. The van der Waals surface area contributed by atoms with E-state index in [0.29, 0.717) is 5.82 Å². The Hall–Kier alpha value is -0.790. The molecule has 0 saturated heterocycles. The van der Waals surface area contributed by atoms with Gasteiger partial charge < -0.3 is 21.3 Å². The maximum absolute atomic E-state index is 10.6. The molecule has 0 spiro atoms. The Morgan fingerprint density at radius 1 is 1.57 bits per heavy atom. The van der Waals surface area contributed by atoms with Crippen LogP contribution in [-0.4, -0.2) is 37.2 Å². The molecule has 0 radical (unpaired) electrons. The van der Waals surface area contributed by atoms with Crippen molar-refractivity contribution >= 4 is 7.60 Å². The maximum atomic E-state index is 10.6. The fourth-order valence-corrected chi connectivity index (χ4v) is 1.74. The molecule has 0 saturated carbocycles. The van der Waals surface area contributed by atoms with E-state index in [1.807, 2.05) is 0 Å². The van der Waals surface area contributed by atoms with Crippen LogP contribution in [0.25, 0.3) is 0 Å². The van der Waals surface area contributed by atoms with E-state index in [-0.39, 0.29) is 0 Å². The molecule has 0 unspecified atom stereocenters. The van der Waals surface area contributed by atoms with Crippen LogP contribution in [0.2, 0.25) is 0 Å². The van der Waals surface area contributed by atoms with Gasteiger partial charge in [-0.2, -0.15) is 5.10 Å². The second-order valence-corrected chi connectivity index (χ2v) is 4.60. The number of hydrogen-bond donors (Lipinski definition) is 5. The SMILES string of the molecule is N[C@H](CP(=O)(O)O)[C@@H](N)c1ncn[nH]1. The largest absolute Gasteiger partial charge is 0.327 e. The third-order valence-corrected chi connectivity index (χ3v) is 2.56. The number of H-pyrrole nitrogens is 1. The second kappa shape index (κ2) is 4.16. The molecule has 0 amide bonds. The van der Waals surface area contributed by atoms with Gasteiger partial charge in [-0.1, -0.05) is 0 Å². The minimum Gasteiger partial charge on any atom is -0.325 e. The van der Waals surface area contributed by atoms with Crippen LogP contribution in [0.3, 0.4) is 0 Å². The Balaban J connectivity index is 2.62. The number of rotatable bonds is 4. The highest BCUT2D eigenvalue weighted by molar-refractivity contribution is 7.51. The minimum atomic E-state index is -4.14. The van der Waals surface area contributed by atoms with Crippen molar-refractivity contribution in [3.05, 3.63) is 12.2 Å². The molecule has 7 N–H and O–H groups in total. The van der Waals surface area contributed by atoms with Gasteiger partial charge in [0.25, 0.3) is 0 Å². The van der Waals surface area contributed by atoms with E-state index in [9.17, 15) is 4.57 Å². The molecular formula is C5H12N5O3P. The summed E-state index contributed by atoms with van der Waals surface area (Å²) in [4.78, 5) is 21.1. The summed E-state index contributed by atoms with van der Waals surface area (Å²) in [5.41, 5.74) is 11.1. The van der Waals surface area contributed by atoms with Crippen molar-refractivity contribution < 1.29 is 14.4 Å². The Morgan fingerprint density at radius 3 is 2.64 bits per heavy atom. The van der Waals surface area contributed by atoms with Crippen LogP contribution >= 0.6 is 7.60 Å². The molecule has 0 bridgehead atoms. The van der Waals surface area contributed by atoms with Gasteiger partial charge in [-0.05, 0) is 0 Å². The van der Waals surface area contributed by atoms with E-state index in [1.165, 1.54) is 6.33 Å². The molecule has 9 heteroatoms. The normalized spacial score (nSPS) is 16.6. The van der Waals surface area contributed by atoms with Gasteiger partial charge in [0.2, 0.25) is 0 Å². The molecule has 0 aliphatic heterocycles. The maximum Gasteiger partial charge on any atom is 0.327 e. The van der Waals surface area contributed by atoms with Gasteiger partial charge in [0.1, 0.15) is 12.2 Å². The van der Waals surface area contributed by atoms with Gasteiger partial charge >= 0.3 is 7.60 Å². The van der Waals surface area contributed by atoms with Gasteiger partial charge in [0.05, 0.1) is 12.2 Å². The summed E-state index contributed by atoms with van der Waals surface area (Å²) < 4.78 is 10.6. The lowest BCUT2D eigenvalue weighted by atomic mass is 10.1. The molecule has 8 nitrogen and oxygen atoms in total. The molecule has 0 fully saturated rings. The third kappa shape index (κ3) is 3.17. The first kappa shape index (κ1) is 11.3. The highest BCUT2D eigenvalue weighted by Gasteiger charge is 2.25. The standard InChI is InChI=1S/C5H12N5O3P/c6-3(1-14(11,12)13)4(7)5-8-2-9-10-5/h2-4H,1,6-7H2,(H,8,9,10)(H2,11,12,13)/t3-,4-/m1/s1. The molecular weight excluding hydrogens is 209 g/mol. The second-order valence-electron chi connectivity index (χ2n) is 2.91. The molecule has 1 heterocycles. The average Bonchev–Trinajstić information content (AvgIpc) is 2.51. The number of nitrogens with two attached hydrogens (primary N) is 2. The molecule has 2 atom stereocenters. The Bertz CT molecular complexity index is 322. The zero-order chi connectivity index (χ0) is 10.8. The fraction of sp³-hybridized carbons (Fsp3) is 0.600. The van der Waals surface area contributed by atoms with Crippen LogP contribution in [-0.2, 0) is 4.57 Å². The van der Waals surface area contributed by atoms with Crippen molar-refractivity contribution in [1.82, 2.24) is 15.2 Å². The van der Waals surface area contributed by atoms with Crippen LogP contribution in [0.4, 0.5) is 0 Å². The summed E-state index contributed by atoms with van der Waals surface area (Å²) in [6.45, 7) is 0. The van der Waals surface area contributed by atoms with Gasteiger partial charge in [0, 0.05) is 6.04 Å². The smallest absolute Gasteiger partial charge is 0.325 e. The zero-order valence-corrected chi connectivity index (χ0v) is 8.13. The lowest BCUT2D eigenvalue weighted by molar-refractivity contribution is 0.364. The van der Waals surface area contributed by atoms with Crippen molar-refractivity contribution in [2.24, 2.45) is 11.5 Å². The van der Waals surface area contributed by atoms with Crippen molar-refractivity contribution in [2.45, 2.75) is 12.1 Å². The van der Waals surface area contributed by atoms with E-state index in [2.05, 4.69) is 15.2 Å². The lowest BCUT2D eigenvalue weighted by Gasteiger charge is -2.17. The quantitative estimate of drug-likeness (QED) is 0.380. The Labute approximate surface area is 79.9 Å². The van der Waals surface area contributed by atoms with Crippen molar-refractivity contribution in [1.29, 1.82) is 0 Å². The van der Waals surface area contributed by atoms with Crippen molar-refractivity contribution in [3.63, 3.8) is 0 Å². The lowest BCUT2D eigenvalue weighted by Crippen LogP contribution is -2.37. The van der Waals surface area contributed by atoms with Gasteiger partial charge in [-0.25, -0.2) is 4.98 Å². The molecule has 1 aromatic heterocycles. The molecule has 14 heavy (non-hydrogen) atoms.